The molecule has 0 aliphatic carbocycles. The lowest BCUT2D eigenvalue weighted by atomic mass is 10.1. The van der Waals surface area contributed by atoms with Gasteiger partial charge in [0.2, 0.25) is 11.8 Å². The standard InChI is InChI=1S/C18H20N2O2S/c21-17(19-12-14-4-2-1-3-5-14)6-7-18(22)20-10-8-16-15(13-20)9-11-23-16/h1-5,9,11H,6-8,10,12-13H2,(H,19,21). The number of nitrogens with one attached hydrogen (secondary N) is 1. The van der Waals surface area contributed by atoms with Crippen molar-refractivity contribution < 1.29 is 9.59 Å². The molecule has 0 saturated heterocycles. The van der Waals surface area contributed by atoms with E-state index in [0.29, 0.717) is 13.1 Å². The van der Waals surface area contributed by atoms with Crippen molar-refractivity contribution in [2.24, 2.45) is 0 Å². The molecule has 1 aliphatic rings. The Labute approximate surface area is 140 Å². The number of hydrogen-bond donors (Lipinski definition) is 1. The summed E-state index contributed by atoms with van der Waals surface area (Å²) in [5.74, 6) is -0.00727. The van der Waals surface area contributed by atoms with Gasteiger partial charge in [0.1, 0.15) is 0 Å². The highest BCUT2D eigenvalue weighted by Gasteiger charge is 2.21. The summed E-state index contributed by atoms with van der Waals surface area (Å²) in [5.41, 5.74) is 2.32. The summed E-state index contributed by atoms with van der Waals surface area (Å²) in [6.45, 7) is 1.96. The fourth-order valence-electron chi connectivity index (χ4n) is 2.72. The summed E-state index contributed by atoms with van der Waals surface area (Å²) < 4.78 is 0. The van der Waals surface area contributed by atoms with Crippen molar-refractivity contribution in [2.75, 3.05) is 6.54 Å². The first-order valence-electron chi connectivity index (χ1n) is 7.86. The maximum Gasteiger partial charge on any atom is 0.223 e. The smallest absolute Gasteiger partial charge is 0.223 e. The summed E-state index contributed by atoms with van der Waals surface area (Å²) in [6.07, 6.45) is 1.46. The molecule has 4 nitrogen and oxygen atoms in total. The van der Waals surface area contributed by atoms with E-state index in [2.05, 4.69) is 16.8 Å². The fourth-order valence-corrected chi connectivity index (χ4v) is 3.61. The van der Waals surface area contributed by atoms with Gasteiger partial charge in [-0.2, -0.15) is 0 Å². The molecule has 0 spiro atoms. The predicted molar refractivity (Wildman–Crippen MR) is 91.0 cm³/mol. The summed E-state index contributed by atoms with van der Waals surface area (Å²) >= 11 is 1.76. The fraction of sp³-hybridized carbons (Fsp3) is 0.333. The Hall–Kier alpha value is -2.14. The molecule has 23 heavy (non-hydrogen) atoms. The maximum atomic E-state index is 12.3. The zero-order chi connectivity index (χ0) is 16.1. The molecule has 1 aliphatic heterocycles. The van der Waals surface area contributed by atoms with Gasteiger partial charge in [0.25, 0.3) is 0 Å². The van der Waals surface area contributed by atoms with E-state index in [0.717, 1.165) is 18.5 Å². The van der Waals surface area contributed by atoms with Crippen molar-refractivity contribution in [1.29, 1.82) is 0 Å². The Balaban J connectivity index is 1.41. The van der Waals surface area contributed by atoms with Crippen LogP contribution in [0.15, 0.2) is 41.8 Å². The van der Waals surface area contributed by atoms with E-state index in [1.165, 1.54) is 10.4 Å². The molecule has 0 unspecified atom stereocenters. The van der Waals surface area contributed by atoms with Crippen molar-refractivity contribution in [2.45, 2.75) is 32.4 Å². The third-order valence-electron chi connectivity index (χ3n) is 4.06. The third kappa shape index (κ3) is 4.20. The molecule has 3 rings (SSSR count). The predicted octanol–water partition coefficient (Wildman–Crippen LogP) is 2.73. The molecule has 120 valence electrons. The maximum absolute atomic E-state index is 12.3. The zero-order valence-electron chi connectivity index (χ0n) is 13.0. The Morgan fingerprint density at radius 3 is 2.78 bits per heavy atom. The van der Waals surface area contributed by atoms with Gasteiger partial charge in [0.05, 0.1) is 0 Å². The van der Waals surface area contributed by atoms with Crippen LogP contribution in [0.1, 0.15) is 28.8 Å². The van der Waals surface area contributed by atoms with Gasteiger partial charge in [-0.15, -0.1) is 11.3 Å². The molecule has 1 aromatic heterocycles. The first kappa shape index (κ1) is 15.7. The number of rotatable bonds is 5. The van der Waals surface area contributed by atoms with Gasteiger partial charge in [-0.25, -0.2) is 0 Å². The van der Waals surface area contributed by atoms with Crippen LogP contribution < -0.4 is 5.32 Å². The summed E-state index contributed by atoms with van der Waals surface area (Å²) in [7, 11) is 0. The number of hydrogen-bond acceptors (Lipinski definition) is 3. The highest BCUT2D eigenvalue weighted by atomic mass is 32.1. The van der Waals surface area contributed by atoms with Gasteiger partial charge >= 0.3 is 0 Å². The molecule has 0 radical (unpaired) electrons. The second-order valence-electron chi connectivity index (χ2n) is 5.70. The van der Waals surface area contributed by atoms with E-state index in [4.69, 9.17) is 0 Å². The van der Waals surface area contributed by atoms with Crippen molar-refractivity contribution in [3.05, 3.63) is 57.8 Å². The second kappa shape index (κ2) is 7.42. The molecule has 0 saturated carbocycles. The van der Waals surface area contributed by atoms with Crippen molar-refractivity contribution >= 4 is 23.2 Å². The quantitative estimate of drug-likeness (QED) is 0.917. The first-order chi connectivity index (χ1) is 11.2. The Bertz CT molecular complexity index is 681. The average Bonchev–Trinajstić information content (AvgIpc) is 3.06. The monoisotopic (exact) mass is 328 g/mol. The largest absolute Gasteiger partial charge is 0.352 e. The van der Waals surface area contributed by atoms with E-state index in [-0.39, 0.29) is 24.7 Å². The highest BCUT2D eigenvalue weighted by Crippen LogP contribution is 2.24. The summed E-state index contributed by atoms with van der Waals surface area (Å²) in [5, 5.41) is 4.94. The van der Waals surface area contributed by atoms with Gasteiger partial charge in [-0.05, 0) is 29.0 Å². The second-order valence-corrected chi connectivity index (χ2v) is 6.70. The van der Waals surface area contributed by atoms with E-state index in [9.17, 15) is 9.59 Å². The Morgan fingerprint density at radius 1 is 1.13 bits per heavy atom. The van der Waals surface area contributed by atoms with Crippen LogP contribution in [-0.2, 0) is 29.1 Å². The molecular formula is C18H20N2O2S. The minimum atomic E-state index is -0.0737. The van der Waals surface area contributed by atoms with Gasteiger partial charge in [0, 0.05) is 37.4 Å². The molecule has 1 N–H and O–H groups in total. The lowest BCUT2D eigenvalue weighted by Gasteiger charge is -2.27. The SMILES string of the molecule is O=C(CCC(=O)N1CCc2sccc2C1)NCc1ccccc1. The average molecular weight is 328 g/mol. The van der Waals surface area contributed by atoms with E-state index < -0.39 is 0 Å². The summed E-state index contributed by atoms with van der Waals surface area (Å²) in [4.78, 5) is 27.4. The number of benzene rings is 1. The number of thiophene rings is 1. The first-order valence-corrected chi connectivity index (χ1v) is 8.74. The van der Waals surface area contributed by atoms with Crippen LogP contribution in [0.5, 0.6) is 0 Å². The number of carbonyl (C=O) groups excluding carboxylic acids is 2. The van der Waals surface area contributed by atoms with Gasteiger partial charge in [0.15, 0.2) is 0 Å². The minimum absolute atomic E-state index is 0.0664. The Morgan fingerprint density at radius 2 is 1.96 bits per heavy atom. The molecule has 5 heteroatoms. The van der Waals surface area contributed by atoms with Crippen LogP contribution in [0, 0.1) is 0 Å². The molecule has 0 atom stereocenters. The number of carbonyl (C=O) groups is 2. The molecule has 1 aromatic carbocycles. The van der Waals surface area contributed by atoms with E-state index in [1.54, 1.807) is 11.3 Å². The number of fused-ring (bicyclic) bond motifs is 1. The van der Waals surface area contributed by atoms with Gasteiger partial charge in [-0.3, -0.25) is 9.59 Å². The minimum Gasteiger partial charge on any atom is -0.352 e. The lowest BCUT2D eigenvalue weighted by Crippen LogP contribution is -2.36. The molecule has 2 heterocycles. The molecular weight excluding hydrogens is 308 g/mol. The van der Waals surface area contributed by atoms with E-state index >= 15 is 0 Å². The zero-order valence-corrected chi connectivity index (χ0v) is 13.8. The molecule has 2 amide bonds. The van der Waals surface area contributed by atoms with E-state index in [1.807, 2.05) is 35.2 Å². The summed E-state index contributed by atoms with van der Waals surface area (Å²) in [6, 6.07) is 11.9. The lowest BCUT2D eigenvalue weighted by molar-refractivity contribution is -0.134. The van der Waals surface area contributed by atoms with Crippen LogP contribution in [0.3, 0.4) is 0 Å². The van der Waals surface area contributed by atoms with Crippen LogP contribution >= 0.6 is 11.3 Å². The molecule has 0 bridgehead atoms. The normalized spacial score (nSPS) is 13.5. The van der Waals surface area contributed by atoms with Crippen molar-refractivity contribution in [3.8, 4) is 0 Å². The molecule has 0 fully saturated rings. The topological polar surface area (TPSA) is 49.4 Å². The van der Waals surface area contributed by atoms with Crippen LogP contribution in [0.25, 0.3) is 0 Å². The molecule has 2 aromatic rings. The number of nitrogens with zero attached hydrogens (tertiary/aromatic N) is 1. The third-order valence-corrected chi connectivity index (χ3v) is 5.08. The van der Waals surface area contributed by atoms with Crippen LogP contribution in [-0.4, -0.2) is 23.3 Å². The van der Waals surface area contributed by atoms with Crippen molar-refractivity contribution in [3.63, 3.8) is 0 Å². The van der Waals surface area contributed by atoms with Crippen LogP contribution in [0.2, 0.25) is 0 Å². The highest BCUT2D eigenvalue weighted by molar-refractivity contribution is 7.10. The van der Waals surface area contributed by atoms with Gasteiger partial charge < -0.3 is 10.2 Å². The Kier molecular flexibility index (Phi) is 5.08. The van der Waals surface area contributed by atoms with Crippen molar-refractivity contribution in [1.82, 2.24) is 10.2 Å². The van der Waals surface area contributed by atoms with Crippen LogP contribution in [0.4, 0.5) is 0 Å². The van der Waals surface area contributed by atoms with Gasteiger partial charge in [-0.1, -0.05) is 30.3 Å². The number of amides is 2.